The van der Waals surface area contributed by atoms with Gasteiger partial charge in [-0.25, -0.2) is 4.79 Å². The maximum Gasteiger partial charge on any atom is 0.417 e. The van der Waals surface area contributed by atoms with E-state index in [4.69, 9.17) is 9.47 Å². The lowest BCUT2D eigenvalue weighted by Gasteiger charge is -2.41. The van der Waals surface area contributed by atoms with Crippen molar-refractivity contribution < 1.29 is 45.4 Å². The van der Waals surface area contributed by atoms with Gasteiger partial charge in [0.15, 0.2) is 0 Å². The van der Waals surface area contributed by atoms with Crippen molar-refractivity contribution in [2.75, 3.05) is 13.7 Å². The summed E-state index contributed by atoms with van der Waals surface area (Å²) in [5.74, 6) is -2.20. The predicted molar refractivity (Wildman–Crippen MR) is 127 cm³/mol. The Bertz CT molecular complexity index is 1200. The van der Waals surface area contributed by atoms with Crippen LogP contribution in [0.4, 0.5) is 26.3 Å². The summed E-state index contributed by atoms with van der Waals surface area (Å²) in [5.41, 5.74) is -4.28. The van der Waals surface area contributed by atoms with E-state index >= 15 is 0 Å². The van der Waals surface area contributed by atoms with Gasteiger partial charge in [0.25, 0.3) is 5.91 Å². The molecule has 1 aromatic heterocycles. The number of hydrogen-bond acceptors (Lipinski definition) is 5. The number of benzene rings is 1. The van der Waals surface area contributed by atoms with Crippen molar-refractivity contribution in [2.24, 2.45) is 11.8 Å². The van der Waals surface area contributed by atoms with E-state index in [1.54, 1.807) is 6.92 Å². The molecule has 1 amide bonds. The number of halogens is 6. The van der Waals surface area contributed by atoms with Crippen LogP contribution < -0.4 is 4.74 Å². The summed E-state index contributed by atoms with van der Waals surface area (Å²) in [6, 6.07) is 3.92. The van der Waals surface area contributed by atoms with Gasteiger partial charge in [0.05, 0.1) is 23.8 Å². The number of carbonyl (C=O) groups excluding carboxylic acids is 2. The number of pyridine rings is 1. The van der Waals surface area contributed by atoms with Crippen molar-refractivity contribution in [1.82, 2.24) is 9.88 Å². The summed E-state index contributed by atoms with van der Waals surface area (Å²) >= 11 is 0. The maximum atomic E-state index is 13.7. The van der Waals surface area contributed by atoms with Gasteiger partial charge in [0.1, 0.15) is 5.75 Å². The number of ether oxygens (including phenoxy) is 2. The Balaban J connectivity index is 1.73. The van der Waals surface area contributed by atoms with Gasteiger partial charge in [-0.2, -0.15) is 26.3 Å². The van der Waals surface area contributed by atoms with Crippen molar-refractivity contribution in [3.05, 3.63) is 59.4 Å². The SMILES string of the molecule is COC(=O)[C@]1(Oc2ccc(C(F)(F)F)cc2)CCCN(C(=O)c2cnccc2C(F)(F)F)[C@H](CC2CC2)[C@@H]1C. The molecule has 1 saturated carbocycles. The minimum atomic E-state index is -4.78. The van der Waals surface area contributed by atoms with E-state index in [0.717, 1.165) is 62.7 Å². The third-order valence-corrected chi connectivity index (χ3v) is 7.56. The largest absolute Gasteiger partial charge is 0.475 e. The second-order valence-electron chi connectivity index (χ2n) is 10.1. The molecule has 0 bridgehead atoms. The van der Waals surface area contributed by atoms with Crippen LogP contribution in [0.2, 0.25) is 0 Å². The molecule has 0 unspecified atom stereocenters. The standard InChI is InChI=1S/C27H28F6N2O4/c1-16-22(14-17-4-5-17)35(23(36)20-15-34-12-10-21(20)27(31,32)33)13-3-11-25(16,24(37)38-2)39-19-8-6-18(7-9-19)26(28,29)30/h6-10,12,15-17,22H,3-5,11,13-14H2,1-2H3/t16-,22+,25-/m0/s1. The molecule has 212 valence electrons. The zero-order chi connectivity index (χ0) is 28.6. The molecule has 0 N–H and O–H groups in total. The highest BCUT2D eigenvalue weighted by atomic mass is 19.4. The van der Waals surface area contributed by atoms with Crippen LogP contribution in [0.25, 0.3) is 0 Å². The first kappa shape index (κ1) is 28.7. The first-order valence-electron chi connectivity index (χ1n) is 12.5. The number of amides is 1. The second kappa shape index (κ2) is 10.7. The van der Waals surface area contributed by atoms with E-state index in [2.05, 4.69) is 4.98 Å². The highest BCUT2D eigenvalue weighted by Gasteiger charge is 2.54. The Morgan fingerprint density at radius 2 is 1.72 bits per heavy atom. The highest BCUT2D eigenvalue weighted by molar-refractivity contribution is 5.96. The Morgan fingerprint density at radius 3 is 2.28 bits per heavy atom. The average Bonchev–Trinajstić information content (AvgIpc) is 3.72. The smallest absolute Gasteiger partial charge is 0.417 e. The van der Waals surface area contributed by atoms with Crippen molar-refractivity contribution >= 4 is 11.9 Å². The Labute approximate surface area is 221 Å². The zero-order valence-electron chi connectivity index (χ0n) is 21.3. The number of esters is 1. The van der Waals surface area contributed by atoms with Crippen molar-refractivity contribution in [1.29, 1.82) is 0 Å². The molecule has 1 saturated heterocycles. The molecule has 0 spiro atoms. The predicted octanol–water partition coefficient (Wildman–Crippen LogP) is 6.15. The molecular formula is C27H28F6N2O4. The normalized spacial score (nSPS) is 24.2. The number of nitrogens with zero attached hydrogens (tertiary/aromatic N) is 2. The Morgan fingerprint density at radius 1 is 1.05 bits per heavy atom. The molecule has 1 aliphatic heterocycles. The van der Waals surface area contributed by atoms with Crippen LogP contribution in [0.3, 0.4) is 0 Å². The molecule has 0 radical (unpaired) electrons. The lowest BCUT2D eigenvalue weighted by molar-refractivity contribution is -0.166. The minimum absolute atomic E-state index is 0.00295. The highest BCUT2D eigenvalue weighted by Crippen LogP contribution is 2.44. The van der Waals surface area contributed by atoms with Gasteiger partial charge in [-0.05, 0) is 49.1 Å². The Hall–Kier alpha value is -3.31. The summed E-state index contributed by atoms with van der Waals surface area (Å²) in [5, 5.41) is 0. The van der Waals surface area contributed by atoms with Gasteiger partial charge >= 0.3 is 18.3 Å². The Kier molecular flexibility index (Phi) is 7.86. The number of aromatic nitrogens is 1. The maximum absolute atomic E-state index is 13.7. The fraction of sp³-hybridized carbons (Fsp3) is 0.519. The summed E-state index contributed by atoms with van der Waals surface area (Å²) in [4.78, 5) is 32.0. The van der Waals surface area contributed by atoms with Crippen LogP contribution in [-0.4, -0.2) is 47.1 Å². The van der Waals surface area contributed by atoms with Crippen LogP contribution in [0, 0.1) is 11.8 Å². The van der Waals surface area contributed by atoms with Crippen molar-refractivity contribution in [3.63, 3.8) is 0 Å². The first-order chi connectivity index (χ1) is 18.3. The number of likely N-dealkylation sites (tertiary alicyclic amines) is 1. The fourth-order valence-electron chi connectivity index (χ4n) is 5.30. The molecule has 2 heterocycles. The molecule has 3 atom stereocenters. The number of hydrogen-bond donors (Lipinski definition) is 0. The van der Waals surface area contributed by atoms with Crippen LogP contribution in [0.15, 0.2) is 42.7 Å². The van der Waals surface area contributed by atoms with Gasteiger partial charge in [0.2, 0.25) is 5.60 Å². The van der Waals surface area contributed by atoms with Gasteiger partial charge < -0.3 is 14.4 Å². The van der Waals surface area contributed by atoms with Crippen molar-refractivity contribution in [2.45, 2.75) is 63.0 Å². The van der Waals surface area contributed by atoms with Crippen LogP contribution in [0.1, 0.15) is 60.5 Å². The summed E-state index contributed by atoms with van der Waals surface area (Å²) in [7, 11) is 1.15. The third-order valence-electron chi connectivity index (χ3n) is 7.56. The van der Waals surface area contributed by atoms with E-state index in [1.807, 2.05) is 0 Å². The lowest BCUT2D eigenvalue weighted by Crippen LogP contribution is -2.56. The van der Waals surface area contributed by atoms with E-state index in [-0.39, 0.29) is 31.1 Å². The molecular weight excluding hydrogens is 530 g/mol. The molecule has 1 aliphatic carbocycles. The molecule has 1 aromatic carbocycles. The molecule has 2 aromatic rings. The third kappa shape index (κ3) is 5.99. The summed E-state index contributed by atoms with van der Waals surface area (Å²) < 4.78 is 91.6. The van der Waals surface area contributed by atoms with Gasteiger partial charge in [-0.15, -0.1) is 0 Å². The first-order valence-corrected chi connectivity index (χ1v) is 12.5. The fourth-order valence-corrected chi connectivity index (χ4v) is 5.30. The average molecular weight is 559 g/mol. The quantitative estimate of drug-likeness (QED) is 0.314. The summed E-state index contributed by atoms with van der Waals surface area (Å²) in [6.07, 6.45) is -5.11. The monoisotopic (exact) mass is 558 g/mol. The van der Waals surface area contributed by atoms with E-state index < -0.39 is 58.5 Å². The summed E-state index contributed by atoms with van der Waals surface area (Å²) in [6.45, 7) is 1.70. The molecule has 6 nitrogen and oxygen atoms in total. The van der Waals surface area contributed by atoms with Crippen LogP contribution in [-0.2, 0) is 21.9 Å². The topological polar surface area (TPSA) is 68.7 Å². The lowest BCUT2D eigenvalue weighted by atomic mass is 9.78. The number of rotatable bonds is 6. The molecule has 39 heavy (non-hydrogen) atoms. The molecule has 2 fully saturated rings. The zero-order valence-corrected chi connectivity index (χ0v) is 21.3. The number of alkyl halides is 6. The van der Waals surface area contributed by atoms with Crippen LogP contribution in [0.5, 0.6) is 5.75 Å². The van der Waals surface area contributed by atoms with E-state index in [1.165, 1.54) is 4.90 Å². The number of carbonyl (C=O) groups is 2. The van der Waals surface area contributed by atoms with Gasteiger partial charge in [0, 0.05) is 37.3 Å². The molecule has 2 aliphatic rings. The second-order valence-corrected chi connectivity index (χ2v) is 10.1. The van der Waals surface area contributed by atoms with E-state index in [0.29, 0.717) is 6.42 Å². The van der Waals surface area contributed by atoms with Gasteiger partial charge in [-0.3, -0.25) is 9.78 Å². The molecule has 4 rings (SSSR count). The number of methoxy groups -OCH3 is 1. The van der Waals surface area contributed by atoms with Crippen LogP contribution >= 0.6 is 0 Å². The van der Waals surface area contributed by atoms with E-state index in [9.17, 15) is 35.9 Å². The molecule has 12 heteroatoms. The minimum Gasteiger partial charge on any atom is -0.475 e. The van der Waals surface area contributed by atoms with Gasteiger partial charge in [-0.1, -0.05) is 19.8 Å². The van der Waals surface area contributed by atoms with Crippen molar-refractivity contribution in [3.8, 4) is 5.75 Å².